The minimum atomic E-state index is 0.308. The van der Waals surface area contributed by atoms with E-state index in [2.05, 4.69) is 90.1 Å². The van der Waals surface area contributed by atoms with Crippen molar-refractivity contribution in [2.75, 3.05) is 0 Å². The van der Waals surface area contributed by atoms with Crippen LogP contribution in [0.2, 0.25) is 0 Å². The van der Waals surface area contributed by atoms with Crippen LogP contribution in [0.1, 0.15) is 83.9 Å². The first kappa shape index (κ1) is 21.1. The van der Waals surface area contributed by atoms with Crippen LogP contribution in [0.15, 0.2) is 53.4 Å². The van der Waals surface area contributed by atoms with Crippen LogP contribution in [0.5, 0.6) is 0 Å². The minimum Gasteiger partial charge on any atom is -0.120 e. The van der Waals surface area contributed by atoms with Crippen molar-refractivity contribution in [3.05, 3.63) is 65.2 Å². The summed E-state index contributed by atoms with van der Waals surface area (Å²) in [6.45, 7) is 13.9. The fourth-order valence-corrected chi connectivity index (χ4v) is 4.40. The Hall–Kier alpha value is -1.21. The van der Waals surface area contributed by atoms with Gasteiger partial charge in [0.15, 0.2) is 0 Å². The van der Waals surface area contributed by atoms with Gasteiger partial charge in [-0.2, -0.15) is 0 Å². The van der Waals surface area contributed by atoms with E-state index in [1.54, 1.807) is 0 Å². The first-order valence-electron chi connectivity index (χ1n) is 10.3. The third-order valence-corrected chi connectivity index (χ3v) is 7.98. The lowest BCUT2D eigenvalue weighted by molar-refractivity contribution is 0.439. The van der Waals surface area contributed by atoms with Gasteiger partial charge < -0.3 is 0 Å². The molecule has 0 aliphatic heterocycles. The van der Waals surface area contributed by atoms with Crippen LogP contribution in [0.25, 0.3) is 0 Å². The SMILES string of the molecule is CCC(C)(CC)Sc1ccc(Cc2ccc(C(C)(CC)CC)cc2)cc1. The van der Waals surface area contributed by atoms with E-state index < -0.39 is 0 Å². The number of hydrogen-bond acceptors (Lipinski definition) is 1. The maximum atomic E-state index is 2.37. The van der Waals surface area contributed by atoms with Crippen molar-refractivity contribution in [2.45, 2.75) is 88.7 Å². The summed E-state index contributed by atoms with van der Waals surface area (Å²) in [7, 11) is 0. The molecular formula is C25H36S. The van der Waals surface area contributed by atoms with Crippen molar-refractivity contribution in [1.29, 1.82) is 0 Å². The number of hydrogen-bond donors (Lipinski definition) is 0. The fourth-order valence-electron chi connectivity index (χ4n) is 3.27. The molecular weight excluding hydrogens is 332 g/mol. The third kappa shape index (κ3) is 5.16. The lowest BCUT2D eigenvalue weighted by Gasteiger charge is -2.27. The Balaban J connectivity index is 2.05. The topological polar surface area (TPSA) is 0 Å². The molecule has 0 radical (unpaired) electrons. The van der Waals surface area contributed by atoms with Crippen molar-refractivity contribution >= 4 is 11.8 Å². The van der Waals surface area contributed by atoms with E-state index in [9.17, 15) is 0 Å². The highest BCUT2D eigenvalue weighted by atomic mass is 32.2. The Morgan fingerprint density at radius 3 is 1.54 bits per heavy atom. The zero-order chi connectivity index (χ0) is 19.2. The summed E-state index contributed by atoms with van der Waals surface area (Å²) in [4.78, 5) is 1.39. The van der Waals surface area contributed by atoms with Gasteiger partial charge in [-0.3, -0.25) is 0 Å². The second kappa shape index (κ2) is 9.13. The highest BCUT2D eigenvalue weighted by molar-refractivity contribution is 8.00. The zero-order valence-corrected chi connectivity index (χ0v) is 18.4. The molecule has 0 saturated carbocycles. The van der Waals surface area contributed by atoms with Crippen LogP contribution in [0, 0.1) is 0 Å². The van der Waals surface area contributed by atoms with Gasteiger partial charge in [-0.05, 0) is 66.3 Å². The van der Waals surface area contributed by atoms with Crippen molar-refractivity contribution in [1.82, 2.24) is 0 Å². The molecule has 0 aliphatic rings. The molecule has 0 fully saturated rings. The van der Waals surface area contributed by atoms with Gasteiger partial charge in [0.2, 0.25) is 0 Å². The zero-order valence-electron chi connectivity index (χ0n) is 17.6. The number of benzene rings is 2. The number of thioether (sulfide) groups is 1. The average molecular weight is 369 g/mol. The standard InChI is InChI=1S/C25H36S/c1-7-24(5,8-2)22-15-11-20(12-16-22)19-21-13-17-23(18-14-21)26-25(6,9-3)10-4/h11-18H,7-10,19H2,1-6H3. The van der Waals surface area contributed by atoms with Crippen LogP contribution in [-0.2, 0) is 11.8 Å². The molecule has 0 atom stereocenters. The van der Waals surface area contributed by atoms with E-state index in [0.29, 0.717) is 10.2 Å². The lowest BCUT2D eigenvalue weighted by atomic mass is 9.77. The van der Waals surface area contributed by atoms with Crippen LogP contribution >= 0.6 is 11.8 Å². The summed E-state index contributed by atoms with van der Waals surface area (Å²) in [6, 6.07) is 18.5. The fraction of sp³-hybridized carbons (Fsp3) is 0.520. The predicted octanol–water partition coefficient (Wildman–Crippen LogP) is 8.03. The summed E-state index contributed by atoms with van der Waals surface area (Å²) in [5, 5.41) is 0. The molecule has 0 nitrogen and oxygen atoms in total. The molecule has 0 aromatic heterocycles. The largest absolute Gasteiger partial charge is 0.120 e. The van der Waals surface area contributed by atoms with E-state index in [1.165, 1.54) is 47.3 Å². The van der Waals surface area contributed by atoms with Crippen LogP contribution < -0.4 is 0 Å². The summed E-state index contributed by atoms with van der Waals surface area (Å²) >= 11 is 2.02. The molecule has 142 valence electrons. The van der Waals surface area contributed by atoms with E-state index in [-0.39, 0.29) is 0 Å². The summed E-state index contributed by atoms with van der Waals surface area (Å²) in [6.07, 6.45) is 5.80. The Morgan fingerprint density at radius 1 is 0.654 bits per heavy atom. The van der Waals surface area contributed by atoms with Crippen LogP contribution in [-0.4, -0.2) is 4.75 Å². The van der Waals surface area contributed by atoms with Gasteiger partial charge >= 0.3 is 0 Å². The van der Waals surface area contributed by atoms with E-state index in [1.807, 2.05) is 11.8 Å². The van der Waals surface area contributed by atoms with Crippen LogP contribution in [0.4, 0.5) is 0 Å². The Morgan fingerprint density at radius 2 is 1.12 bits per heavy atom. The van der Waals surface area contributed by atoms with Crippen molar-refractivity contribution in [3.63, 3.8) is 0 Å². The molecule has 0 saturated heterocycles. The molecule has 1 heteroatoms. The molecule has 0 amide bonds. The second-order valence-electron chi connectivity index (χ2n) is 8.04. The molecule has 2 aromatic carbocycles. The predicted molar refractivity (Wildman–Crippen MR) is 118 cm³/mol. The Kier molecular flexibility index (Phi) is 7.41. The van der Waals surface area contributed by atoms with Gasteiger partial charge in [-0.15, -0.1) is 11.8 Å². The van der Waals surface area contributed by atoms with Gasteiger partial charge in [-0.25, -0.2) is 0 Å². The molecule has 0 unspecified atom stereocenters. The van der Waals surface area contributed by atoms with E-state index >= 15 is 0 Å². The molecule has 2 rings (SSSR count). The molecule has 0 bridgehead atoms. The Bertz CT molecular complexity index is 658. The monoisotopic (exact) mass is 368 g/mol. The number of rotatable bonds is 9. The van der Waals surface area contributed by atoms with Gasteiger partial charge in [-0.1, -0.05) is 77.9 Å². The first-order valence-corrected chi connectivity index (χ1v) is 11.1. The van der Waals surface area contributed by atoms with Crippen molar-refractivity contribution in [3.8, 4) is 0 Å². The summed E-state index contributed by atoms with van der Waals surface area (Å²) in [5.74, 6) is 0. The normalized spacial score (nSPS) is 12.4. The van der Waals surface area contributed by atoms with Gasteiger partial charge in [0.05, 0.1) is 0 Å². The maximum Gasteiger partial charge on any atom is 0.0173 e. The first-order chi connectivity index (χ1) is 12.4. The quantitative estimate of drug-likeness (QED) is 0.404. The van der Waals surface area contributed by atoms with Crippen molar-refractivity contribution < 1.29 is 0 Å². The lowest BCUT2D eigenvalue weighted by Crippen LogP contribution is -2.19. The molecule has 0 aliphatic carbocycles. The van der Waals surface area contributed by atoms with Gasteiger partial charge in [0.1, 0.15) is 0 Å². The second-order valence-corrected chi connectivity index (χ2v) is 9.71. The van der Waals surface area contributed by atoms with E-state index in [0.717, 1.165) is 6.42 Å². The molecule has 2 aromatic rings. The molecule has 0 heterocycles. The highest BCUT2D eigenvalue weighted by Crippen LogP contribution is 2.38. The van der Waals surface area contributed by atoms with Crippen LogP contribution in [0.3, 0.4) is 0 Å². The maximum absolute atomic E-state index is 2.37. The summed E-state index contributed by atoms with van der Waals surface area (Å²) in [5.41, 5.74) is 4.57. The average Bonchev–Trinajstić information content (AvgIpc) is 2.69. The minimum absolute atomic E-state index is 0.308. The van der Waals surface area contributed by atoms with E-state index in [4.69, 9.17) is 0 Å². The highest BCUT2D eigenvalue weighted by Gasteiger charge is 2.22. The third-order valence-electron chi connectivity index (χ3n) is 6.40. The molecule has 0 N–H and O–H groups in total. The smallest absolute Gasteiger partial charge is 0.0173 e. The molecule has 0 spiro atoms. The Labute approximate surface area is 165 Å². The van der Waals surface area contributed by atoms with Crippen molar-refractivity contribution in [2.24, 2.45) is 0 Å². The molecule has 26 heavy (non-hydrogen) atoms. The van der Waals surface area contributed by atoms with Gasteiger partial charge in [0, 0.05) is 9.64 Å². The summed E-state index contributed by atoms with van der Waals surface area (Å²) < 4.78 is 0.350. The van der Waals surface area contributed by atoms with Gasteiger partial charge in [0.25, 0.3) is 0 Å².